The molecule has 11 heteroatoms. The standard InChI is InChI=1S/C30H31Cl2N3O5S/c1-15(2)39-23-11-17(29(36)37)12-24-27(23)33-30(41-24)35(3)18-9-10-19(13-18)38-14-20-26(34-40-28(20)16-7-8-16)25-21(31)5-4-6-22(25)32/h4-6,11-12,15-16,18-19H,7-10,13-14H2,1-3H3,(H,36,37)/t18-,19+/m1/s1. The van der Waals surface area contributed by atoms with Gasteiger partial charge in [0.05, 0.1) is 39.1 Å². The van der Waals surface area contributed by atoms with E-state index in [2.05, 4.69) is 10.1 Å². The van der Waals surface area contributed by atoms with E-state index in [0.717, 1.165) is 53.3 Å². The normalized spacial score (nSPS) is 18.9. The Balaban J connectivity index is 1.18. The van der Waals surface area contributed by atoms with Crippen LogP contribution in [0.2, 0.25) is 10.0 Å². The minimum Gasteiger partial charge on any atom is -0.489 e. The molecule has 2 aromatic carbocycles. The van der Waals surface area contributed by atoms with Gasteiger partial charge in [0.15, 0.2) is 5.13 Å². The maximum atomic E-state index is 11.7. The number of ether oxygens (including phenoxy) is 2. The Hall–Kier alpha value is -2.85. The minimum atomic E-state index is -0.989. The van der Waals surface area contributed by atoms with Gasteiger partial charge in [0, 0.05) is 30.1 Å². The largest absolute Gasteiger partial charge is 0.489 e. The molecule has 2 aromatic heterocycles. The van der Waals surface area contributed by atoms with Crippen LogP contribution in [0.3, 0.4) is 0 Å². The molecular weight excluding hydrogens is 585 g/mol. The van der Waals surface area contributed by atoms with E-state index in [-0.39, 0.29) is 23.8 Å². The molecule has 4 aromatic rings. The zero-order chi connectivity index (χ0) is 28.8. The van der Waals surface area contributed by atoms with Crippen molar-refractivity contribution in [3.63, 3.8) is 0 Å². The molecule has 2 aliphatic rings. The monoisotopic (exact) mass is 615 g/mol. The summed E-state index contributed by atoms with van der Waals surface area (Å²) in [5.74, 6) is 0.742. The first-order chi connectivity index (χ1) is 19.7. The van der Waals surface area contributed by atoms with Crippen LogP contribution in [-0.4, -0.2) is 46.5 Å². The van der Waals surface area contributed by atoms with Gasteiger partial charge in [0.2, 0.25) is 0 Å². The number of rotatable bonds is 10. The van der Waals surface area contributed by atoms with Crippen molar-refractivity contribution in [1.29, 1.82) is 0 Å². The molecule has 216 valence electrons. The fourth-order valence-corrected chi connectivity index (χ4v) is 7.06. The van der Waals surface area contributed by atoms with Crippen LogP contribution in [0.4, 0.5) is 5.13 Å². The second-order valence-corrected chi connectivity index (χ2v) is 12.9. The van der Waals surface area contributed by atoms with Gasteiger partial charge in [-0.2, -0.15) is 0 Å². The van der Waals surface area contributed by atoms with Gasteiger partial charge in [-0.25, -0.2) is 9.78 Å². The molecule has 0 unspecified atom stereocenters. The summed E-state index contributed by atoms with van der Waals surface area (Å²) in [6.07, 6.45) is 4.83. The van der Waals surface area contributed by atoms with E-state index in [0.29, 0.717) is 45.1 Å². The van der Waals surface area contributed by atoms with Crippen molar-refractivity contribution in [3.05, 3.63) is 57.3 Å². The summed E-state index contributed by atoms with van der Waals surface area (Å²) in [6.45, 7) is 4.20. The molecule has 6 rings (SSSR count). The highest BCUT2D eigenvalue weighted by atomic mass is 35.5. The number of benzene rings is 2. The number of halogens is 2. The Morgan fingerprint density at radius 1 is 1.20 bits per heavy atom. The SMILES string of the molecule is CC(C)Oc1cc(C(=O)O)cc2sc(N(C)[C@@H]3CC[C@H](OCc4c(-c5c(Cl)cccc5Cl)noc4C4CC4)C3)nc12. The highest BCUT2D eigenvalue weighted by molar-refractivity contribution is 7.22. The van der Waals surface area contributed by atoms with Crippen LogP contribution < -0.4 is 9.64 Å². The van der Waals surface area contributed by atoms with Gasteiger partial charge in [-0.15, -0.1) is 0 Å². The van der Waals surface area contributed by atoms with Gasteiger partial charge in [0.1, 0.15) is 22.7 Å². The third kappa shape index (κ3) is 5.78. The third-order valence-electron chi connectivity index (χ3n) is 7.69. The number of nitrogens with zero attached hydrogens (tertiary/aromatic N) is 3. The van der Waals surface area contributed by atoms with E-state index < -0.39 is 5.97 Å². The molecule has 2 atom stereocenters. The molecule has 41 heavy (non-hydrogen) atoms. The number of carboxylic acids is 1. The zero-order valence-corrected chi connectivity index (χ0v) is 25.4. The van der Waals surface area contributed by atoms with Gasteiger partial charge < -0.3 is 24.0 Å². The van der Waals surface area contributed by atoms with Crippen molar-refractivity contribution in [3.8, 4) is 17.0 Å². The maximum absolute atomic E-state index is 11.7. The van der Waals surface area contributed by atoms with Crippen LogP contribution in [0.1, 0.15) is 73.6 Å². The lowest BCUT2D eigenvalue weighted by Gasteiger charge is -2.24. The van der Waals surface area contributed by atoms with Crippen LogP contribution >= 0.6 is 34.5 Å². The molecule has 2 heterocycles. The predicted octanol–water partition coefficient (Wildman–Crippen LogP) is 8.20. The highest BCUT2D eigenvalue weighted by Crippen LogP contribution is 2.46. The average Bonchev–Trinajstić information content (AvgIpc) is 3.31. The molecule has 2 aliphatic carbocycles. The van der Waals surface area contributed by atoms with E-state index in [1.54, 1.807) is 24.3 Å². The molecule has 1 N–H and O–H groups in total. The van der Waals surface area contributed by atoms with Crippen LogP contribution in [-0.2, 0) is 11.3 Å². The molecule has 2 fully saturated rings. The lowest BCUT2D eigenvalue weighted by Crippen LogP contribution is -2.29. The molecule has 0 radical (unpaired) electrons. The molecule has 0 amide bonds. The summed E-state index contributed by atoms with van der Waals surface area (Å²) in [4.78, 5) is 18.7. The maximum Gasteiger partial charge on any atom is 0.335 e. The molecule has 0 saturated heterocycles. The van der Waals surface area contributed by atoms with Crippen molar-refractivity contribution in [1.82, 2.24) is 10.1 Å². The third-order valence-corrected chi connectivity index (χ3v) is 9.42. The first-order valence-electron chi connectivity index (χ1n) is 13.8. The van der Waals surface area contributed by atoms with E-state index in [1.165, 1.54) is 11.3 Å². The van der Waals surface area contributed by atoms with Crippen LogP contribution in [0, 0.1) is 0 Å². The van der Waals surface area contributed by atoms with E-state index >= 15 is 0 Å². The Kier molecular flexibility index (Phi) is 7.89. The second kappa shape index (κ2) is 11.4. The van der Waals surface area contributed by atoms with Gasteiger partial charge in [-0.1, -0.05) is 45.8 Å². The molecule has 2 saturated carbocycles. The topological polar surface area (TPSA) is 97.9 Å². The molecule has 0 spiro atoms. The van der Waals surface area contributed by atoms with Gasteiger partial charge in [-0.05, 0) is 70.2 Å². The number of hydrogen-bond donors (Lipinski definition) is 1. The van der Waals surface area contributed by atoms with E-state index in [1.807, 2.05) is 27.0 Å². The van der Waals surface area contributed by atoms with Gasteiger partial charge in [0.25, 0.3) is 0 Å². The number of hydrogen-bond acceptors (Lipinski definition) is 8. The first-order valence-corrected chi connectivity index (χ1v) is 15.4. The average molecular weight is 617 g/mol. The van der Waals surface area contributed by atoms with Crippen molar-refractivity contribution >= 4 is 55.9 Å². The lowest BCUT2D eigenvalue weighted by atomic mass is 10.0. The van der Waals surface area contributed by atoms with Crippen LogP contribution in [0.5, 0.6) is 5.75 Å². The van der Waals surface area contributed by atoms with Crippen molar-refractivity contribution in [2.75, 3.05) is 11.9 Å². The summed E-state index contributed by atoms with van der Waals surface area (Å²) in [5, 5.41) is 15.8. The number of carboxylic acid groups (broad SMARTS) is 1. The second-order valence-electron chi connectivity index (χ2n) is 11.0. The Morgan fingerprint density at radius 3 is 2.63 bits per heavy atom. The summed E-state index contributed by atoms with van der Waals surface area (Å²) in [6, 6.07) is 8.88. The van der Waals surface area contributed by atoms with Crippen molar-refractivity contribution in [2.45, 2.75) is 76.7 Å². The number of carbonyl (C=O) groups is 1. The summed E-state index contributed by atoms with van der Waals surface area (Å²) in [5.41, 5.74) is 3.14. The molecular formula is C30H31Cl2N3O5S. The van der Waals surface area contributed by atoms with Crippen LogP contribution in [0.15, 0.2) is 34.9 Å². The van der Waals surface area contributed by atoms with Crippen LogP contribution in [0.25, 0.3) is 21.5 Å². The van der Waals surface area contributed by atoms with Crippen molar-refractivity contribution in [2.24, 2.45) is 0 Å². The zero-order valence-electron chi connectivity index (χ0n) is 23.0. The predicted molar refractivity (Wildman–Crippen MR) is 161 cm³/mol. The summed E-state index contributed by atoms with van der Waals surface area (Å²) >= 11 is 14.5. The number of aromatic nitrogens is 2. The van der Waals surface area contributed by atoms with Gasteiger partial charge in [-0.3, -0.25) is 0 Å². The van der Waals surface area contributed by atoms with E-state index in [9.17, 15) is 9.90 Å². The smallest absolute Gasteiger partial charge is 0.335 e. The Morgan fingerprint density at radius 2 is 1.95 bits per heavy atom. The highest BCUT2D eigenvalue weighted by Gasteiger charge is 2.35. The fourth-order valence-electron chi connectivity index (χ4n) is 5.43. The quantitative estimate of drug-likeness (QED) is 0.191. The number of fused-ring (bicyclic) bond motifs is 1. The summed E-state index contributed by atoms with van der Waals surface area (Å²) in [7, 11) is 2.04. The Bertz CT molecular complexity index is 1580. The molecule has 0 aliphatic heterocycles. The summed E-state index contributed by atoms with van der Waals surface area (Å²) < 4.78 is 19.0. The first kappa shape index (κ1) is 28.3. The lowest BCUT2D eigenvalue weighted by molar-refractivity contribution is 0.0441. The van der Waals surface area contributed by atoms with Crippen molar-refractivity contribution < 1.29 is 23.9 Å². The fraction of sp³-hybridized carbons (Fsp3) is 0.433. The van der Waals surface area contributed by atoms with Gasteiger partial charge >= 0.3 is 5.97 Å². The number of thiazole rings is 1. The van der Waals surface area contributed by atoms with E-state index in [4.69, 9.17) is 42.2 Å². The molecule has 8 nitrogen and oxygen atoms in total. The number of anilines is 1. The Labute approximate surface area is 252 Å². The minimum absolute atomic E-state index is 0.0618. The number of aromatic carboxylic acids is 1. The molecule has 0 bridgehead atoms.